The molecule has 0 aromatic carbocycles. The summed E-state index contributed by atoms with van der Waals surface area (Å²) in [6.45, 7) is 4.66. The van der Waals surface area contributed by atoms with Crippen molar-refractivity contribution in [3.63, 3.8) is 0 Å². The van der Waals surface area contributed by atoms with Crippen molar-refractivity contribution in [1.29, 1.82) is 0 Å². The molecule has 0 aliphatic rings. The minimum atomic E-state index is 0.127. The maximum Gasteiger partial charge on any atom is 0.131 e. The first-order chi connectivity index (χ1) is 9.06. The van der Waals surface area contributed by atoms with E-state index in [0.29, 0.717) is 6.54 Å². The SMILES string of the molecule is Cc1ccc(CN(C)c2ncccc2CC(C)N)o1. The Morgan fingerprint density at radius 3 is 2.79 bits per heavy atom. The number of aryl methyl sites for hydroxylation is 1. The highest BCUT2D eigenvalue weighted by atomic mass is 16.3. The first kappa shape index (κ1) is 13.6. The predicted molar refractivity (Wildman–Crippen MR) is 77.1 cm³/mol. The molecule has 1 atom stereocenters. The molecule has 0 radical (unpaired) electrons. The van der Waals surface area contributed by atoms with E-state index in [-0.39, 0.29) is 6.04 Å². The summed E-state index contributed by atoms with van der Waals surface area (Å²) >= 11 is 0. The highest BCUT2D eigenvalue weighted by Crippen LogP contribution is 2.20. The molecule has 0 fully saturated rings. The average Bonchev–Trinajstić information content (AvgIpc) is 2.74. The smallest absolute Gasteiger partial charge is 0.131 e. The third kappa shape index (κ3) is 3.58. The van der Waals surface area contributed by atoms with Crippen LogP contribution in [0.15, 0.2) is 34.9 Å². The van der Waals surface area contributed by atoms with Crippen LogP contribution in [0.25, 0.3) is 0 Å². The van der Waals surface area contributed by atoms with Crippen LogP contribution in [0.3, 0.4) is 0 Å². The summed E-state index contributed by atoms with van der Waals surface area (Å²) in [6, 6.07) is 8.13. The van der Waals surface area contributed by atoms with Gasteiger partial charge in [-0.05, 0) is 44.0 Å². The molecule has 0 saturated heterocycles. The number of furan rings is 1. The van der Waals surface area contributed by atoms with Crippen LogP contribution in [-0.4, -0.2) is 18.1 Å². The van der Waals surface area contributed by atoms with Gasteiger partial charge in [-0.3, -0.25) is 0 Å². The van der Waals surface area contributed by atoms with Gasteiger partial charge < -0.3 is 15.1 Å². The zero-order chi connectivity index (χ0) is 13.8. The van der Waals surface area contributed by atoms with Gasteiger partial charge in [-0.2, -0.15) is 0 Å². The van der Waals surface area contributed by atoms with Crippen LogP contribution >= 0.6 is 0 Å². The van der Waals surface area contributed by atoms with Crippen molar-refractivity contribution in [1.82, 2.24) is 4.98 Å². The Morgan fingerprint density at radius 2 is 2.16 bits per heavy atom. The molecule has 0 bridgehead atoms. The Hall–Kier alpha value is -1.81. The highest BCUT2D eigenvalue weighted by molar-refractivity contribution is 5.46. The molecule has 2 aromatic heterocycles. The van der Waals surface area contributed by atoms with E-state index < -0.39 is 0 Å². The largest absolute Gasteiger partial charge is 0.464 e. The molecular weight excluding hydrogens is 238 g/mol. The topological polar surface area (TPSA) is 55.3 Å². The Bertz CT molecular complexity index is 534. The van der Waals surface area contributed by atoms with Gasteiger partial charge in [0.2, 0.25) is 0 Å². The minimum Gasteiger partial charge on any atom is -0.464 e. The van der Waals surface area contributed by atoms with Crippen LogP contribution in [0.1, 0.15) is 24.0 Å². The second-order valence-electron chi connectivity index (χ2n) is 5.04. The lowest BCUT2D eigenvalue weighted by molar-refractivity contribution is 0.481. The summed E-state index contributed by atoms with van der Waals surface area (Å²) in [5, 5.41) is 0. The van der Waals surface area contributed by atoms with Crippen molar-refractivity contribution >= 4 is 5.82 Å². The van der Waals surface area contributed by atoms with Gasteiger partial charge >= 0.3 is 0 Å². The molecule has 0 aliphatic heterocycles. The maximum absolute atomic E-state index is 5.88. The molecule has 0 amide bonds. The number of rotatable bonds is 5. The van der Waals surface area contributed by atoms with Gasteiger partial charge in [-0.1, -0.05) is 6.07 Å². The van der Waals surface area contributed by atoms with Crippen molar-refractivity contribution < 1.29 is 4.42 Å². The molecule has 0 saturated carbocycles. The summed E-state index contributed by atoms with van der Waals surface area (Å²) in [6.07, 6.45) is 2.63. The lowest BCUT2D eigenvalue weighted by Gasteiger charge is -2.20. The van der Waals surface area contributed by atoms with Crippen molar-refractivity contribution in [3.05, 3.63) is 47.5 Å². The highest BCUT2D eigenvalue weighted by Gasteiger charge is 2.11. The normalized spacial score (nSPS) is 12.4. The van der Waals surface area contributed by atoms with Crippen molar-refractivity contribution in [3.8, 4) is 0 Å². The van der Waals surface area contributed by atoms with Gasteiger partial charge in [0.1, 0.15) is 17.3 Å². The van der Waals surface area contributed by atoms with Gasteiger partial charge in [0.05, 0.1) is 6.54 Å². The van der Waals surface area contributed by atoms with E-state index in [4.69, 9.17) is 10.2 Å². The fourth-order valence-electron chi connectivity index (χ4n) is 2.16. The van der Waals surface area contributed by atoms with Crippen LogP contribution in [-0.2, 0) is 13.0 Å². The third-order valence-electron chi connectivity index (χ3n) is 2.96. The molecule has 19 heavy (non-hydrogen) atoms. The molecule has 2 heterocycles. The second kappa shape index (κ2) is 5.89. The van der Waals surface area contributed by atoms with E-state index in [0.717, 1.165) is 23.8 Å². The summed E-state index contributed by atoms with van der Waals surface area (Å²) in [7, 11) is 2.02. The number of hydrogen-bond acceptors (Lipinski definition) is 4. The third-order valence-corrected chi connectivity index (χ3v) is 2.96. The molecule has 1 unspecified atom stereocenters. The van der Waals surface area contributed by atoms with Gasteiger partial charge in [0, 0.05) is 19.3 Å². The van der Waals surface area contributed by atoms with Crippen molar-refractivity contribution in [2.24, 2.45) is 5.73 Å². The van der Waals surface area contributed by atoms with Crippen molar-refractivity contribution in [2.45, 2.75) is 32.9 Å². The van der Waals surface area contributed by atoms with E-state index >= 15 is 0 Å². The number of anilines is 1. The van der Waals surface area contributed by atoms with E-state index in [1.54, 1.807) is 0 Å². The number of pyridine rings is 1. The number of nitrogens with zero attached hydrogens (tertiary/aromatic N) is 2. The number of nitrogens with two attached hydrogens (primary N) is 1. The van der Waals surface area contributed by atoms with Gasteiger partial charge in [-0.25, -0.2) is 4.98 Å². The fourth-order valence-corrected chi connectivity index (χ4v) is 2.16. The first-order valence-corrected chi connectivity index (χ1v) is 6.52. The standard InChI is InChI=1S/C15H21N3O/c1-11(16)9-13-5-4-8-17-15(13)18(3)10-14-7-6-12(2)19-14/h4-8,11H,9-10,16H2,1-3H3. The Morgan fingerprint density at radius 1 is 1.37 bits per heavy atom. The lowest BCUT2D eigenvalue weighted by atomic mass is 10.1. The van der Waals surface area contributed by atoms with E-state index in [1.165, 1.54) is 5.56 Å². The Labute approximate surface area is 114 Å². The summed E-state index contributed by atoms with van der Waals surface area (Å²) in [4.78, 5) is 6.56. The molecular formula is C15H21N3O. The quantitative estimate of drug-likeness (QED) is 0.896. The summed E-state index contributed by atoms with van der Waals surface area (Å²) < 4.78 is 5.60. The number of aromatic nitrogens is 1. The van der Waals surface area contributed by atoms with Crippen LogP contribution in [0, 0.1) is 6.92 Å². The molecule has 0 aliphatic carbocycles. The maximum atomic E-state index is 5.88. The van der Waals surface area contributed by atoms with Gasteiger partial charge in [0.25, 0.3) is 0 Å². The van der Waals surface area contributed by atoms with Crippen LogP contribution in [0.4, 0.5) is 5.82 Å². The zero-order valence-corrected chi connectivity index (χ0v) is 11.8. The molecule has 2 N–H and O–H groups in total. The van der Waals surface area contributed by atoms with Crippen LogP contribution in [0.5, 0.6) is 0 Å². The zero-order valence-electron chi connectivity index (χ0n) is 11.8. The van der Waals surface area contributed by atoms with Crippen LogP contribution < -0.4 is 10.6 Å². The fraction of sp³-hybridized carbons (Fsp3) is 0.400. The van der Waals surface area contributed by atoms with Gasteiger partial charge in [-0.15, -0.1) is 0 Å². The average molecular weight is 259 g/mol. The molecule has 102 valence electrons. The van der Waals surface area contributed by atoms with Crippen molar-refractivity contribution in [2.75, 3.05) is 11.9 Å². The van der Waals surface area contributed by atoms with Crippen LogP contribution in [0.2, 0.25) is 0 Å². The Kier molecular flexibility index (Phi) is 4.22. The van der Waals surface area contributed by atoms with E-state index in [9.17, 15) is 0 Å². The molecule has 4 heteroatoms. The minimum absolute atomic E-state index is 0.127. The lowest BCUT2D eigenvalue weighted by Crippen LogP contribution is -2.23. The summed E-state index contributed by atoms with van der Waals surface area (Å²) in [5.41, 5.74) is 7.05. The second-order valence-corrected chi connectivity index (χ2v) is 5.04. The first-order valence-electron chi connectivity index (χ1n) is 6.52. The van der Waals surface area contributed by atoms with Gasteiger partial charge in [0.15, 0.2) is 0 Å². The van der Waals surface area contributed by atoms with E-state index in [2.05, 4.69) is 16.0 Å². The monoisotopic (exact) mass is 259 g/mol. The molecule has 4 nitrogen and oxygen atoms in total. The Balaban J connectivity index is 2.16. The molecule has 2 aromatic rings. The predicted octanol–water partition coefficient (Wildman–Crippen LogP) is 2.51. The summed E-state index contributed by atoms with van der Waals surface area (Å²) in [5.74, 6) is 2.84. The number of hydrogen-bond donors (Lipinski definition) is 1. The van der Waals surface area contributed by atoms with E-state index in [1.807, 2.05) is 45.3 Å². The molecule has 2 rings (SSSR count). The molecule has 0 spiro atoms.